The number of hydrogen-bond acceptors (Lipinski definition) is 0. The van der Waals surface area contributed by atoms with E-state index in [1.54, 1.807) is 0 Å². The lowest BCUT2D eigenvalue weighted by atomic mass is 10.0. The Hall–Kier alpha value is -0.0400. The quantitative estimate of drug-likeness (QED) is 0.508. The van der Waals surface area contributed by atoms with Gasteiger partial charge in [-0.3, -0.25) is 0 Å². The van der Waals surface area contributed by atoms with Crippen molar-refractivity contribution in [1.82, 2.24) is 0 Å². The van der Waals surface area contributed by atoms with Crippen LogP contribution in [-0.2, 0) is 0 Å². The molecule has 0 aliphatic carbocycles. The first-order valence-corrected chi connectivity index (χ1v) is 4.95. The standard InChI is InChI=1S/C8H17N.C2H6/c1-8-4-3-6-9(2)7-5-8;1-2/h8-9H,2-7H2,1H3;1-2H3. The summed E-state index contributed by atoms with van der Waals surface area (Å²) >= 11 is 0. The first-order valence-electron chi connectivity index (χ1n) is 4.95. The third-order valence-electron chi connectivity index (χ3n) is 2.22. The van der Waals surface area contributed by atoms with Gasteiger partial charge in [0.2, 0.25) is 0 Å². The highest BCUT2D eigenvalue weighted by molar-refractivity contribution is 4.54. The summed E-state index contributed by atoms with van der Waals surface area (Å²) in [6.07, 6.45) is 4.16. The molecule has 68 valence electrons. The summed E-state index contributed by atoms with van der Waals surface area (Å²) in [7, 11) is 4.01. The summed E-state index contributed by atoms with van der Waals surface area (Å²) in [5.74, 6) is 0.948. The van der Waals surface area contributed by atoms with Crippen molar-refractivity contribution in [3.05, 3.63) is 7.05 Å². The predicted molar refractivity (Wildman–Crippen MR) is 50.4 cm³/mol. The molecule has 0 aromatic heterocycles. The Morgan fingerprint density at radius 1 is 1.18 bits per heavy atom. The van der Waals surface area contributed by atoms with Gasteiger partial charge in [-0.1, -0.05) is 20.8 Å². The van der Waals surface area contributed by atoms with Crippen LogP contribution in [0.2, 0.25) is 0 Å². The molecule has 0 aromatic carbocycles. The van der Waals surface area contributed by atoms with Gasteiger partial charge in [-0.25, -0.2) is 0 Å². The summed E-state index contributed by atoms with van der Waals surface area (Å²) < 4.78 is 0. The zero-order valence-electron chi connectivity index (χ0n) is 8.32. The Balaban J connectivity index is 0.000000461. The summed E-state index contributed by atoms with van der Waals surface area (Å²) in [6.45, 7) is 8.91. The molecule has 1 N–H and O–H groups in total. The van der Waals surface area contributed by atoms with E-state index in [4.69, 9.17) is 0 Å². The van der Waals surface area contributed by atoms with E-state index in [0.29, 0.717) is 0 Å². The number of quaternary nitrogens is 1. The van der Waals surface area contributed by atoms with Gasteiger partial charge in [0.25, 0.3) is 0 Å². The summed E-state index contributed by atoms with van der Waals surface area (Å²) in [5, 5.41) is 0. The maximum atomic E-state index is 4.01. The van der Waals surface area contributed by atoms with E-state index in [9.17, 15) is 0 Å². The van der Waals surface area contributed by atoms with Gasteiger partial charge >= 0.3 is 0 Å². The fourth-order valence-electron chi connectivity index (χ4n) is 1.42. The lowest BCUT2D eigenvalue weighted by Gasteiger charge is -2.17. The Kier molecular flexibility index (Phi) is 6.63. The second-order valence-electron chi connectivity index (χ2n) is 3.29. The molecular weight excluding hydrogens is 134 g/mol. The first-order chi connectivity index (χ1) is 5.29. The normalized spacial score (nSPS) is 31.6. The highest BCUT2D eigenvalue weighted by Crippen LogP contribution is 2.09. The smallest absolute Gasteiger partial charge is 0.0532 e. The number of likely N-dealkylation sites (tertiary alicyclic amines) is 1. The summed E-state index contributed by atoms with van der Waals surface area (Å²) in [5.41, 5.74) is 0. The van der Waals surface area contributed by atoms with Crippen molar-refractivity contribution in [3.8, 4) is 0 Å². The van der Waals surface area contributed by atoms with Crippen LogP contribution in [0.4, 0.5) is 0 Å². The first kappa shape index (κ1) is 11.0. The van der Waals surface area contributed by atoms with Gasteiger partial charge in [-0.2, -0.15) is 7.05 Å². The molecule has 1 nitrogen and oxygen atoms in total. The molecule has 2 unspecified atom stereocenters. The van der Waals surface area contributed by atoms with Crippen LogP contribution in [0, 0.1) is 13.0 Å². The molecule has 0 bridgehead atoms. The van der Waals surface area contributed by atoms with Crippen LogP contribution in [-0.4, -0.2) is 13.1 Å². The second-order valence-corrected chi connectivity index (χ2v) is 3.29. The van der Waals surface area contributed by atoms with Crippen molar-refractivity contribution in [2.45, 2.75) is 40.0 Å². The molecule has 0 radical (unpaired) electrons. The minimum atomic E-state index is 0.948. The Labute approximate surface area is 71.8 Å². The highest BCUT2D eigenvalue weighted by atomic mass is 15.1. The lowest BCUT2D eigenvalue weighted by molar-refractivity contribution is -0.852. The molecule has 1 saturated heterocycles. The van der Waals surface area contributed by atoms with Crippen molar-refractivity contribution in [3.63, 3.8) is 0 Å². The molecule has 1 aliphatic rings. The van der Waals surface area contributed by atoms with E-state index in [-0.39, 0.29) is 0 Å². The molecule has 11 heavy (non-hydrogen) atoms. The fourth-order valence-corrected chi connectivity index (χ4v) is 1.42. The van der Waals surface area contributed by atoms with Crippen LogP contribution in [0.25, 0.3) is 0 Å². The molecular formula is C10H23N. The van der Waals surface area contributed by atoms with Gasteiger partial charge in [0.05, 0.1) is 13.1 Å². The molecule has 0 spiro atoms. The van der Waals surface area contributed by atoms with Gasteiger partial charge in [-0.15, -0.1) is 0 Å². The fraction of sp³-hybridized carbons (Fsp3) is 0.900. The van der Waals surface area contributed by atoms with E-state index in [1.807, 2.05) is 13.8 Å². The zero-order valence-corrected chi connectivity index (χ0v) is 8.32. The Bertz CT molecular complexity index is 70.9. The minimum absolute atomic E-state index is 0.948. The van der Waals surface area contributed by atoms with E-state index in [1.165, 1.54) is 37.3 Å². The molecule has 1 heteroatoms. The van der Waals surface area contributed by atoms with Crippen molar-refractivity contribution in [2.24, 2.45) is 5.92 Å². The number of hydrogen-bond donors (Lipinski definition) is 1. The van der Waals surface area contributed by atoms with Crippen LogP contribution in [0.3, 0.4) is 0 Å². The Morgan fingerprint density at radius 3 is 2.45 bits per heavy atom. The molecule has 0 saturated carbocycles. The maximum Gasteiger partial charge on any atom is 0.0532 e. The monoisotopic (exact) mass is 157 g/mol. The van der Waals surface area contributed by atoms with Gasteiger partial charge in [-0.05, 0) is 25.2 Å². The Morgan fingerprint density at radius 2 is 1.82 bits per heavy atom. The van der Waals surface area contributed by atoms with E-state index >= 15 is 0 Å². The van der Waals surface area contributed by atoms with E-state index in [0.717, 1.165) is 5.92 Å². The second kappa shape index (κ2) is 6.66. The van der Waals surface area contributed by atoms with Crippen molar-refractivity contribution in [2.75, 3.05) is 13.1 Å². The molecule has 1 aliphatic heterocycles. The number of rotatable bonds is 0. The van der Waals surface area contributed by atoms with Gasteiger partial charge in [0.1, 0.15) is 0 Å². The largest absolute Gasteiger partial charge is 0.468 e. The van der Waals surface area contributed by atoms with Crippen LogP contribution in [0.1, 0.15) is 40.0 Å². The van der Waals surface area contributed by atoms with Crippen LogP contribution < -0.4 is 4.90 Å². The van der Waals surface area contributed by atoms with Crippen molar-refractivity contribution >= 4 is 0 Å². The van der Waals surface area contributed by atoms with Gasteiger partial charge in [0, 0.05) is 0 Å². The molecule has 0 amide bonds. The SMILES string of the molecule is CC.[CH2-][NH+]1CCCC(C)CC1. The third-order valence-corrected chi connectivity index (χ3v) is 2.22. The molecule has 0 aromatic rings. The third kappa shape index (κ3) is 5.25. The molecule has 1 fully saturated rings. The van der Waals surface area contributed by atoms with Crippen molar-refractivity contribution in [1.29, 1.82) is 0 Å². The number of nitrogens with one attached hydrogen (secondary N) is 1. The van der Waals surface area contributed by atoms with Crippen LogP contribution >= 0.6 is 0 Å². The molecule has 1 heterocycles. The minimum Gasteiger partial charge on any atom is -0.468 e. The van der Waals surface area contributed by atoms with E-state index < -0.39 is 0 Å². The summed E-state index contributed by atoms with van der Waals surface area (Å²) in [6, 6.07) is 0. The zero-order chi connectivity index (χ0) is 8.69. The van der Waals surface area contributed by atoms with Gasteiger partial charge < -0.3 is 4.90 Å². The van der Waals surface area contributed by atoms with E-state index in [2.05, 4.69) is 14.0 Å². The average Bonchev–Trinajstić information content (AvgIpc) is 2.20. The topological polar surface area (TPSA) is 4.44 Å². The van der Waals surface area contributed by atoms with Crippen LogP contribution in [0.5, 0.6) is 0 Å². The van der Waals surface area contributed by atoms with Crippen molar-refractivity contribution < 1.29 is 4.90 Å². The maximum absolute atomic E-state index is 4.01. The van der Waals surface area contributed by atoms with Gasteiger partial charge in [0.15, 0.2) is 0 Å². The molecule has 1 rings (SSSR count). The lowest BCUT2D eigenvalue weighted by Crippen LogP contribution is -3.06. The molecule has 2 atom stereocenters. The van der Waals surface area contributed by atoms with Crippen LogP contribution in [0.15, 0.2) is 0 Å². The summed E-state index contributed by atoms with van der Waals surface area (Å²) in [4.78, 5) is 1.47. The predicted octanol–water partition coefficient (Wildman–Crippen LogP) is 1.51. The average molecular weight is 157 g/mol. The highest BCUT2D eigenvalue weighted by Gasteiger charge is 2.09.